The highest BCUT2D eigenvalue weighted by Crippen LogP contribution is 2.40. The van der Waals surface area contributed by atoms with E-state index in [0.29, 0.717) is 18.2 Å². The summed E-state index contributed by atoms with van der Waals surface area (Å²) in [5.41, 5.74) is 0.601. The van der Waals surface area contributed by atoms with Crippen LogP contribution >= 0.6 is 0 Å². The van der Waals surface area contributed by atoms with Gasteiger partial charge in [-0.15, -0.1) is 10.2 Å². The van der Waals surface area contributed by atoms with Crippen LogP contribution in [0.3, 0.4) is 0 Å². The van der Waals surface area contributed by atoms with Gasteiger partial charge in [-0.1, -0.05) is 56.3 Å². The Morgan fingerprint density at radius 2 is 1.81 bits per heavy atom. The number of rotatable bonds is 7. The molecular weight excluding hydrogens is 328 g/mol. The molecule has 0 aliphatic heterocycles. The van der Waals surface area contributed by atoms with E-state index in [-0.39, 0.29) is 23.7 Å². The van der Waals surface area contributed by atoms with Crippen LogP contribution in [0, 0.1) is 11.8 Å². The number of nitrogens with one attached hydrogen (secondary N) is 1. The molecule has 0 aliphatic carbocycles. The van der Waals surface area contributed by atoms with Crippen LogP contribution in [-0.4, -0.2) is 32.2 Å². The van der Waals surface area contributed by atoms with E-state index in [9.17, 15) is 4.79 Å². The minimum Gasteiger partial charge on any atom is -0.460 e. The molecule has 1 aromatic carbocycles. The van der Waals surface area contributed by atoms with Crippen LogP contribution in [0.5, 0.6) is 0 Å². The molecule has 2 rings (SSSR count). The number of carbonyl (C=O) groups excluding carboxylic acids is 1. The standard InChI is InChI=1S/C20H30N4O2/c1-13(2)12-16(19(25)26-20(4,5)6)17(18-21-23-24-22-18)14(3)15-10-8-7-9-11-15/h7-11,13-14,16-17H,12H2,1-6H3,(H,21,22,23,24)/t14-,16+,17+/m1/s1. The van der Waals surface area contributed by atoms with Crippen molar-refractivity contribution in [1.29, 1.82) is 0 Å². The van der Waals surface area contributed by atoms with Crippen molar-refractivity contribution in [3.63, 3.8) is 0 Å². The van der Waals surface area contributed by atoms with Crippen LogP contribution in [-0.2, 0) is 9.53 Å². The molecule has 6 nitrogen and oxygen atoms in total. The number of hydrogen-bond acceptors (Lipinski definition) is 5. The average molecular weight is 358 g/mol. The fourth-order valence-corrected chi connectivity index (χ4v) is 3.30. The Bertz CT molecular complexity index is 678. The molecule has 0 saturated heterocycles. The van der Waals surface area contributed by atoms with E-state index in [1.165, 1.54) is 0 Å². The second-order valence-corrected chi connectivity index (χ2v) is 8.26. The first-order valence-corrected chi connectivity index (χ1v) is 9.20. The summed E-state index contributed by atoms with van der Waals surface area (Å²) in [4.78, 5) is 13.1. The van der Waals surface area contributed by atoms with Crippen molar-refractivity contribution in [2.24, 2.45) is 11.8 Å². The Balaban J connectivity index is 2.43. The highest BCUT2D eigenvalue weighted by atomic mass is 16.6. The molecule has 6 heteroatoms. The maximum absolute atomic E-state index is 13.1. The number of H-pyrrole nitrogens is 1. The zero-order chi connectivity index (χ0) is 19.3. The summed E-state index contributed by atoms with van der Waals surface area (Å²) < 4.78 is 5.74. The van der Waals surface area contributed by atoms with Crippen LogP contribution in [0.25, 0.3) is 0 Å². The number of aromatic nitrogens is 4. The number of esters is 1. The third-order valence-corrected chi connectivity index (χ3v) is 4.39. The predicted octanol–water partition coefficient (Wildman–Crippen LogP) is 4.09. The van der Waals surface area contributed by atoms with Crippen molar-refractivity contribution >= 4 is 5.97 Å². The van der Waals surface area contributed by atoms with E-state index >= 15 is 0 Å². The average Bonchev–Trinajstić information content (AvgIpc) is 3.07. The Labute approximate surface area is 155 Å². The van der Waals surface area contributed by atoms with Gasteiger partial charge >= 0.3 is 5.97 Å². The molecule has 3 atom stereocenters. The van der Waals surface area contributed by atoms with Crippen molar-refractivity contribution in [2.45, 2.75) is 65.4 Å². The smallest absolute Gasteiger partial charge is 0.310 e. The largest absolute Gasteiger partial charge is 0.460 e. The quantitative estimate of drug-likeness (QED) is 0.754. The number of ether oxygens (including phenoxy) is 1. The minimum absolute atomic E-state index is 0.0464. The molecule has 1 heterocycles. The molecular formula is C20H30N4O2. The Morgan fingerprint density at radius 1 is 1.15 bits per heavy atom. The summed E-state index contributed by atoms with van der Waals surface area (Å²) >= 11 is 0. The Kier molecular flexibility index (Phi) is 6.51. The van der Waals surface area contributed by atoms with E-state index in [0.717, 1.165) is 5.56 Å². The number of benzene rings is 1. The maximum Gasteiger partial charge on any atom is 0.310 e. The first-order chi connectivity index (χ1) is 12.2. The van der Waals surface area contributed by atoms with Crippen molar-refractivity contribution in [1.82, 2.24) is 20.6 Å². The second-order valence-electron chi connectivity index (χ2n) is 8.26. The zero-order valence-corrected chi connectivity index (χ0v) is 16.6. The Morgan fingerprint density at radius 3 is 2.31 bits per heavy atom. The topological polar surface area (TPSA) is 80.8 Å². The lowest BCUT2D eigenvalue weighted by Gasteiger charge is -2.32. The predicted molar refractivity (Wildman–Crippen MR) is 101 cm³/mol. The first kappa shape index (κ1) is 20.1. The van der Waals surface area contributed by atoms with Crippen LogP contribution in [0.1, 0.15) is 71.2 Å². The van der Waals surface area contributed by atoms with Gasteiger partial charge in [0.15, 0.2) is 5.82 Å². The number of aromatic amines is 1. The van der Waals surface area contributed by atoms with E-state index < -0.39 is 5.60 Å². The lowest BCUT2D eigenvalue weighted by atomic mass is 9.75. The second kappa shape index (κ2) is 8.43. The van der Waals surface area contributed by atoms with Gasteiger partial charge in [0.1, 0.15) is 5.60 Å². The van der Waals surface area contributed by atoms with Gasteiger partial charge in [-0.3, -0.25) is 4.79 Å². The SMILES string of the molecule is CC(C)C[C@H](C(=O)OC(C)(C)C)[C@@H](c1nn[nH]n1)[C@H](C)c1ccccc1. The van der Waals surface area contributed by atoms with E-state index in [1.54, 1.807) is 0 Å². The lowest BCUT2D eigenvalue weighted by molar-refractivity contribution is -0.162. The van der Waals surface area contributed by atoms with Gasteiger partial charge in [0.05, 0.1) is 5.92 Å². The van der Waals surface area contributed by atoms with Crippen LogP contribution in [0.2, 0.25) is 0 Å². The molecule has 0 bridgehead atoms. The summed E-state index contributed by atoms with van der Waals surface area (Å²) in [6.45, 7) is 12.0. The van der Waals surface area contributed by atoms with Gasteiger partial charge in [0.25, 0.3) is 0 Å². The highest BCUT2D eigenvalue weighted by Gasteiger charge is 2.39. The number of carbonyl (C=O) groups is 1. The van der Waals surface area contributed by atoms with Gasteiger partial charge in [-0.05, 0) is 44.6 Å². The van der Waals surface area contributed by atoms with E-state index in [4.69, 9.17) is 4.74 Å². The van der Waals surface area contributed by atoms with Gasteiger partial charge in [-0.25, -0.2) is 0 Å². The first-order valence-electron chi connectivity index (χ1n) is 9.20. The molecule has 1 N–H and O–H groups in total. The van der Waals surface area contributed by atoms with Gasteiger partial charge in [0.2, 0.25) is 0 Å². The fraction of sp³-hybridized carbons (Fsp3) is 0.600. The van der Waals surface area contributed by atoms with Crippen molar-refractivity contribution < 1.29 is 9.53 Å². The number of tetrazole rings is 1. The molecule has 0 radical (unpaired) electrons. The summed E-state index contributed by atoms with van der Waals surface area (Å²) in [5.74, 6) is 0.173. The molecule has 26 heavy (non-hydrogen) atoms. The normalized spacial score (nSPS) is 15.5. The summed E-state index contributed by atoms with van der Waals surface area (Å²) in [6, 6.07) is 10.1. The highest BCUT2D eigenvalue weighted by molar-refractivity contribution is 5.74. The Hall–Kier alpha value is -2.24. The third kappa shape index (κ3) is 5.38. The summed E-state index contributed by atoms with van der Waals surface area (Å²) in [7, 11) is 0. The third-order valence-electron chi connectivity index (χ3n) is 4.39. The maximum atomic E-state index is 13.1. The van der Waals surface area contributed by atoms with Crippen LogP contribution < -0.4 is 0 Å². The lowest BCUT2D eigenvalue weighted by Crippen LogP contribution is -2.34. The van der Waals surface area contributed by atoms with Crippen molar-refractivity contribution in [3.05, 3.63) is 41.7 Å². The van der Waals surface area contributed by atoms with Crippen LogP contribution in [0.15, 0.2) is 30.3 Å². The van der Waals surface area contributed by atoms with Crippen LogP contribution in [0.4, 0.5) is 0 Å². The van der Waals surface area contributed by atoms with Gasteiger partial charge in [0, 0.05) is 5.92 Å². The molecule has 0 aliphatic rings. The zero-order valence-electron chi connectivity index (χ0n) is 16.6. The molecule has 0 unspecified atom stereocenters. The van der Waals surface area contributed by atoms with Crippen molar-refractivity contribution in [2.75, 3.05) is 0 Å². The molecule has 0 spiro atoms. The summed E-state index contributed by atoms with van der Waals surface area (Å²) in [6.07, 6.45) is 0.700. The van der Waals surface area contributed by atoms with Gasteiger partial charge in [-0.2, -0.15) is 5.21 Å². The monoisotopic (exact) mass is 358 g/mol. The molecule has 142 valence electrons. The minimum atomic E-state index is -0.538. The van der Waals surface area contributed by atoms with Gasteiger partial charge < -0.3 is 4.74 Å². The van der Waals surface area contributed by atoms with E-state index in [2.05, 4.69) is 53.5 Å². The van der Waals surface area contributed by atoms with E-state index in [1.807, 2.05) is 39.0 Å². The van der Waals surface area contributed by atoms with Crippen molar-refractivity contribution in [3.8, 4) is 0 Å². The molecule has 2 aromatic rings. The molecule has 1 aromatic heterocycles. The molecule has 0 fully saturated rings. The number of nitrogens with zero attached hydrogens (tertiary/aromatic N) is 3. The fourth-order valence-electron chi connectivity index (χ4n) is 3.30. The number of hydrogen-bond donors (Lipinski definition) is 1. The molecule has 0 amide bonds. The summed E-state index contributed by atoms with van der Waals surface area (Å²) in [5, 5.41) is 14.7. The molecule has 0 saturated carbocycles.